The molecule has 1 atom stereocenters. The topological polar surface area (TPSA) is 148 Å². The Morgan fingerprint density at radius 3 is 2.53 bits per heavy atom. The summed E-state index contributed by atoms with van der Waals surface area (Å²) < 4.78 is 62.5. The normalized spacial score (nSPS) is 15.1. The molecule has 16 heteroatoms. The van der Waals surface area contributed by atoms with Crippen LogP contribution >= 0.6 is 10.7 Å². The van der Waals surface area contributed by atoms with E-state index in [0.29, 0.717) is 22.5 Å². The second-order valence-corrected chi connectivity index (χ2v) is 15.6. The molecule has 4 heterocycles. The number of aromatic hydroxyl groups is 1. The summed E-state index contributed by atoms with van der Waals surface area (Å²) in [6, 6.07) is 11.8. The molecule has 53 heavy (non-hydrogen) atoms. The van der Waals surface area contributed by atoms with Crippen molar-refractivity contribution in [2.75, 3.05) is 31.1 Å². The highest BCUT2D eigenvalue weighted by molar-refractivity contribution is 8.13. The molecule has 278 valence electrons. The summed E-state index contributed by atoms with van der Waals surface area (Å²) in [7, 11) is 1.56. The number of amides is 1. The summed E-state index contributed by atoms with van der Waals surface area (Å²) in [5, 5.41) is 10.7. The number of nitrogens with zero attached hydrogens (tertiary/aromatic N) is 6. The molecule has 1 saturated heterocycles. The van der Waals surface area contributed by atoms with Gasteiger partial charge in [-0.1, -0.05) is 39.0 Å². The van der Waals surface area contributed by atoms with Crippen LogP contribution in [0.3, 0.4) is 0 Å². The van der Waals surface area contributed by atoms with Crippen LogP contribution in [0.5, 0.6) is 5.75 Å². The third-order valence-electron chi connectivity index (χ3n) is 9.12. The van der Waals surface area contributed by atoms with Crippen molar-refractivity contribution in [1.82, 2.24) is 24.4 Å². The lowest BCUT2D eigenvalue weighted by Crippen LogP contribution is -2.57. The summed E-state index contributed by atoms with van der Waals surface area (Å²) >= 11 is 0. The number of phenols is 1. The Bertz CT molecular complexity index is 2370. The first-order valence-electron chi connectivity index (χ1n) is 16.9. The fourth-order valence-electron chi connectivity index (χ4n) is 6.56. The van der Waals surface area contributed by atoms with Crippen molar-refractivity contribution < 1.29 is 31.8 Å². The molecule has 0 saturated carbocycles. The molecule has 1 unspecified atom stereocenters. The van der Waals surface area contributed by atoms with E-state index < -0.39 is 49.4 Å². The molecule has 1 fully saturated rings. The number of carbonyl (C=O) groups is 1. The van der Waals surface area contributed by atoms with E-state index in [2.05, 4.69) is 15.0 Å². The first-order valence-corrected chi connectivity index (χ1v) is 19.2. The highest BCUT2D eigenvalue weighted by Gasteiger charge is 2.33. The van der Waals surface area contributed by atoms with E-state index in [1.165, 1.54) is 28.8 Å². The Labute approximate surface area is 309 Å². The van der Waals surface area contributed by atoms with Crippen molar-refractivity contribution in [1.29, 1.82) is 0 Å². The van der Waals surface area contributed by atoms with Crippen molar-refractivity contribution in [2.45, 2.75) is 57.6 Å². The molecule has 5 aromatic rings. The van der Waals surface area contributed by atoms with Crippen molar-refractivity contribution in [2.24, 2.45) is 0 Å². The summed E-state index contributed by atoms with van der Waals surface area (Å²) in [6.45, 7) is 7.96. The number of anilines is 1. The number of halogens is 3. The van der Waals surface area contributed by atoms with Crippen LogP contribution < -0.4 is 10.6 Å². The number of rotatable bonds is 10. The van der Waals surface area contributed by atoms with Crippen LogP contribution in [0.2, 0.25) is 0 Å². The predicted octanol–water partition coefficient (Wildman–Crippen LogP) is 5.83. The van der Waals surface area contributed by atoms with Crippen molar-refractivity contribution in [3.8, 4) is 22.7 Å². The van der Waals surface area contributed by atoms with Gasteiger partial charge in [0.15, 0.2) is 11.5 Å². The number of piperazine rings is 1. The Morgan fingerprint density at radius 1 is 1.08 bits per heavy atom. The van der Waals surface area contributed by atoms with Crippen LogP contribution in [0.1, 0.15) is 49.9 Å². The maximum Gasteiger partial charge on any atom is 0.355 e. The third kappa shape index (κ3) is 7.59. The van der Waals surface area contributed by atoms with Gasteiger partial charge in [0.05, 0.1) is 46.5 Å². The standard InChI is InChI=1S/C37H37ClF2N6O6S/c1-5-30(48)44-14-15-45(24(18-44)20-52-19-23-8-6-9-25(16-23)53(38,50)51)35-26-17-28(40)33(31-27(39)10-7-11-29(31)47)42-36(26)46(37(49)43-35)34-22(4)12-13-41-32(34)21(2)3/h6-13,16-17,21,24,47H,5,14-15,18-20H2,1-4H3. The minimum absolute atomic E-state index is 0.00604. The summed E-state index contributed by atoms with van der Waals surface area (Å²) in [6.07, 6.45) is 1.87. The van der Waals surface area contributed by atoms with Gasteiger partial charge in [-0.3, -0.25) is 9.78 Å². The number of benzene rings is 2. The number of aromatic nitrogens is 4. The first-order chi connectivity index (χ1) is 25.2. The number of aryl methyl sites for hydroxylation is 1. The van der Waals surface area contributed by atoms with Gasteiger partial charge in [-0.2, -0.15) is 4.98 Å². The predicted molar refractivity (Wildman–Crippen MR) is 196 cm³/mol. The number of fused-ring (bicyclic) bond motifs is 1. The zero-order valence-electron chi connectivity index (χ0n) is 29.4. The number of carbonyl (C=O) groups excluding carboxylic acids is 1. The molecule has 3 aromatic heterocycles. The quantitative estimate of drug-likeness (QED) is 0.172. The van der Waals surface area contributed by atoms with Crippen LogP contribution in [0.4, 0.5) is 14.6 Å². The van der Waals surface area contributed by atoms with Crippen LogP contribution in [-0.4, -0.2) is 76.1 Å². The Hall–Kier alpha value is -4.99. The van der Waals surface area contributed by atoms with Gasteiger partial charge in [-0.05, 0) is 60.4 Å². The molecule has 0 spiro atoms. The molecular weight excluding hydrogens is 730 g/mol. The molecule has 0 radical (unpaired) electrons. The first kappa shape index (κ1) is 37.8. The molecule has 1 N–H and O–H groups in total. The Kier molecular flexibility index (Phi) is 10.8. The highest BCUT2D eigenvalue weighted by atomic mass is 35.7. The zero-order valence-corrected chi connectivity index (χ0v) is 31.0. The van der Waals surface area contributed by atoms with E-state index in [0.717, 1.165) is 12.1 Å². The van der Waals surface area contributed by atoms with E-state index in [4.69, 9.17) is 15.4 Å². The monoisotopic (exact) mass is 766 g/mol. The van der Waals surface area contributed by atoms with E-state index >= 15 is 8.78 Å². The maximum atomic E-state index is 16.2. The Balaban J connectivity index is 1.52. The van der Waals surface area contributed by atoms with Crippen molar-refractivity contribution >= 4 is 42.5 Å². The van der Waals surface area contributed by atoms with Gasteiger partial charge in [0.25, 0.3) is 9.05 Å². The Morgan fingerprint density at radius 2 is 1.83 bits per heavy atom. The van der Waals surface area contributed by atoms with E-state index in [-0.39, 0.29) is 72.8 Å². The van der Waals surface area contributed by atoms with Crippen LogP contribution in [0.25, 0.3) is 28.0 Å². The molecule has 12 nitrogen and oxygen atoms in total. The molecule has 1 amide bonds. The molecular formula is C37H37ClF2N6O6S. The molecule has 0 aliphatic carbocycles. The summed E-state index contributed by atoms with van der Waals surface area (Å²) in [4.78, 5) is 44.1. The molecule has 6 rings (SSSR count). The number of hydrogen-bond acceptors (Lipinski definition) is 10. The SMILES string of the molecule is CCC(=O)N1CCN(c2nc(=O)n(-c3c(C)ccnc3C(C)C)c3nc(-c4c(O)cccc4F)c(F)cc23)C(COCc2cccc(S(=O)(=O)Cl)c2)C1. The zero-order chi connectivity index (χ0) is 38.2. The van der Waals surface area contributed by atoms with Crippen LogP contribution in [-0.2, 0) is 25.2 Å². The molecule has 1 aliphatic heterocycles. The van der Waals surface area contributed by atoms with Gasteiger partial charge in [-0.15, -0.1) is 0 Å². The highest BCUT2D eigenvalue weighted by Crippen LogP contribution is 2.37. The number of ether oxygens (including phenoxy) is 1. The van der Waals surface area contributed by atoms with Gasteiger partial charge < -0.3 is 19.6 Å². The van der Waals surface area contributed by atoms with Crippen LogP contribution in [0.15, 0.2) is 70.5 Å². The molecule has 1 aliphatic rings. The van der Waals surface area contributed by atoms with Crippen molar-refractivity contribution in [3.63, 3.8) is 0 Å². The van der Waals surface area contributed by atoms with E-state index in [1.807, 2.05) is 13.8 Å². The number of pyridine rings is 2. The van der Waals surface area contributed by atoms with Gasteiger partial charge in [0.2, 0.25) is 5.91 Å². The van der Waals surface area contributed by atoms with E-state index in [9.17, 15) is 23.1 Å². The molecule has 2 aromatic carbocycles. The average molecular weight is 767 g/mol. The fraction of sp³-hybridized carbons (Fsp3) is 0.324. The summed E-state index contributed by atoms with van der Waals surface area (Å²) in [5.74, 6) is -2.61. The lowest BCUT2D eigenvalue weighted by atomic mass is 10.0. The largest absolute Gasteiger partial charge is 0.507 e. The smallest absolute Gasteiger partial charge is 0.355 e. The van der Waals surface area contributed by atoms with Gasteiger partial charge in [0, 0.05) is 42.9 Å². The minimum Gasteiger partial charge on any atom is -0.507 e. The fourth-order valence-corrected chi connectivity index (χ4v) is 7.38. The van der Waals surface area contributed by atoms with Crippen LogP contribution in [0, 0.1) is 18.6 Å². The second kappa shape index (κ2) is 15.2. The minimum atomic E-state index is -3.97. The third-order valence-corrected chi connectivity index (χ3v) is 10.5. The van der Waals surface area contributed by atoms with Crippen molar-refractivity contribution in [3.05, 3.63) is 99.7 Å². The average Bonchev–Trinajstić information content (AvgIpc) is 3.11. The second-order valence-electron chi connectivity index (χ2n) is 13.0. The summed E-state index contributed by atoms with van der Waals surface area (Å²) in [5.41, 5.74) is 0.330. The van der Waals surface area contributed by atoms with Gasteiger partial charge >= 0.3 is 5.69 Å². The number of hydrogen-bond donors (Lipinski definition) is 1. The lowest BCUT2D eigenvalue weighted by molar-refractivity contribution is -0.132. The van der Waals surface area contributed by atoms with Gasteiger partial charge in [0.1, 0.15) is 23.1 Å². The van der Waals surface area contributed by atoms with E-state index in [1.54, 1.807) is 48.0 Å². The lowest BCUT2D eigenvalue weighted by Gasteiger charge is -2.42. The van der Waals surface area contributed by atoms with Gasteiger partial charge in [-0.25, -0.2) is 31.5 Å². The molecule has 0 bridgehead atoms. The number of phenolic OH excluding ortho intramolecular Hbond substituents is 1. The maximum absolute atomic E-state index is 16.2.